The molecule has 3 N–H and O–H groups in total. The normalized spacial score (nSPS) is 24.8. The summed E-state index contributed by atoms with van der Waals surface area (Å²) in [5, 5.41) is 2.91. The third-order valence-electron chi connectivity index (χ3n) is 3.17. The third-order valence-corrected chi connectivity index (χ3v) is 3.17. The Balaban J connectivity index is 2.04. The van der Waals surface area contributed by atoms with Gasteiger partial charge >= 0.3 is 0 Å². The van der Waals surface area contributed by atoms with E-state index in [-0.39, 0.29) is 24.5 Å². The van der Waals surface area contributed by atoms with Crippen molar-refractivity contribution in [3.05, 3.63) is 0 Å². The number of morpholine rings is 1. The molecule has 0 aromatic carbocycles. The number of nitrogens with one attached hydrogen (secondary N) is 1. The van der Waals surface area contributed by atoms with Crippen LogP contribution in [0.1, 0.15) is 26.7 Å². The predicted octanol–water partition coefficient (Wildman–Crippen LogP) is -0.770. The average molecular weight is 255 g/mol. The summed E-state index contributed by atoms with van der Waals surface area (Å²) in [5.74, 6) is -0.337. The summed E-state index contributed by atoms with van der Waals surface area (Å²) in [6, 6.07) is -0.267. The molecule has 0 aromatic heterocycles. The average Bonchev–Trinajstić information content (AvgIpc) is 3.10. The smallest absolute Gasteiger partial charge is 0.245 e. The summed E-state index contributed by atoms with van der Waals surface area (Å²) >= 11 is 0. The molecular weight excluding hydrogens is 234 g/mol. The summed E-state index contributed by atoms with van der Waals surface area (Å²) < 4.78 is 5.30. The number of hydrogen-bond acceptors (Lipinski definition) is 4. The van der Waals surface area contributed by atoms with Gasteiger partial charge in [0.2, 0.25) is 11.8 Å². The highest BCUT2D eigenvalue weighted by atomic mass is 16.5. The predicted molar refractivity (Wildman–Crippen MR) is 65.8 cm³/mol. The minimum atomic E-state index is -0.963. The van der Waals surface area contributed by atoms with Gasteiger partial charge in [-0.05, 0) is 26.7 Å². The molecule has 0 bridgehead atoms. The first-order valence-electron chi connectivity index (χ1n) is 6.37. The van der Waals surface area contributed by atoms with E-state index in [0.29, 0.717) is 13.2 Å². The number of ether oxygens (including phenoxy) is 1. The highest BCUT2D eigenvalue weighted by Gasteiger charge is 2.39. The Kier molecular flexibility index (Phi) is 3.59. The maximum absolute atomic E-state index is 12.2. The van der Waals surface area contributed by atoms with Crippen molar-refractivity contribution >= 4 is 11.8 Å². The number of carbonyl (C=O) groups is 2. The van der Waals surface area contributed by atoms with Gasteiger partial charge in [0.05, 0.1) is 18.8 Å². The number of rotatable bonds is 3. The highest BCUT2D eigenvalue weighted by molar-refractivity contribution is 5.92. The minimum absolute atomic E-state index is 0.130. The van der Waals surface area contributed by atoms with Crippen LogP contribution in [0.25, 0.3) is 0 Å². The Hall–Kier alpha value is -1.14. The lowest BCUT2D eigenvalue weighted by atomic mass is 10.0. The SMILES string of the molecule is CC(C)(N)C(=O)N1CCOCC1C(=O)NC1CC1. The van der Waals surface area contributed by atoms with Gasteiger partial charge < -0.3 is 20.7 Å². The van der Waals surface area contributed by atoms with Crippen molar-refractivity contribution in [2.45, 2.75) is 44.3 Å². The molecule has 0 spiro atoms. The zero-order valence-electron chi connectivity index (χ0n) is 10.9. The molecule has 1 aliphatic carbocycles. The van der Waals surface area contributed by atoms with E-state index in [1.165, 1.54) is 0 Å². The van der Waals surface area contributed by atoms with E-state index >= 15 is 0 Å². The van der Waals surface area contributed by atoms with Crippen LogP contribution in [0.3, 0.4) is 0 Å². The van der Waals surface area contributed by atoms with Crippen LogP contribution >= 0.6 is 0 Å². The van der Waals surface area contributed by atoms with Crippen LogP contribution in [-0.4, -0.2) is 54.1 Å². The highest BCUT2D eigenvalue weighted by Crippen LogP contribution is 2.20. The summed E-state index contributed by atoms with van der Waals surface area (Å²) in [5.41, 5.74) is 4.86. The van der Waals surface area contributed by atoms with Crippen LogP contribution in [-0.2, 0) is 14.3 Å². The van der Waals surface area contributed by atoms with Gasteiger partial charge in [-0.1, -0.05) is 0 Å². The van der Waals surface area contributed by atoms with Gasteiger partial charge in [0.1, 0.15) is 6.04 Å². The fourth-order valence-electron chi connectivity index (χ4n) is 1.96. The first-order valence-corrected chi connectivity index (χ1v) is 6.37. The lowest BCUT2D eigenvalue weighted by molar-refractivity contribution is -0.151. The Morgan fingerprint density at radius 3 is 2.61 bits per heavy atom. The van der Waals surface area contributed by atoms with E-state index < -0.39 is 11.6 Å². The molecule has 0 radical (unpaired) electrons. The van der Waals surface area contributed by atoms with Gasteiger partial charge in [-0.3, -0.25) is 9.59 Å². The Morgan fingerprint density at radius 2 is 2.06 bits per heavy atom. The van der Waals surface area contributed by atoms with Gasteiger partial charge in [0.15, 0.2) is 0 Å². The molecule has 1 atom stereocenters. The molecule has 6 nitrogen and oxygen atoms in total. The molecule has 2 fully saturated rings. The first-order chi connectivity index (χ1) is 8.39. The van der Waals surface area contributed by atoms with E-state index in [9.17, 15) is 9.59 Å². The van der Waals surface area contributed by atoms with Crippen molar-refractivity contribution in [3.8, 4) is 0 Å². The van der Waals surface area contributed by atoms with Crippen molar-refractivity contribution in [1.29, 1.82) is 0 Å². The zero-order chi connectivity index (χ0) is 13.3. The molecule has 6 heteroatoms. The number of nitrogens with two attached hydrogens (primary N) is 1. The largest absolute Gasteiger partial charge is 0.377 e. The van der Waals surface area contributed by atoms with Crippen molar-refractivity contribution in [2.24, 2.45) is 5.73 Å². The Bertz CT molecular complexity index is 347. The fourth-order valence-corrected chi connectivity index (χ4v) is 1.96. The second-order valence-corrected chi connectivity index (χ2v) is 5.59. The maximum atomic E-state index is 12.2. The van der Waals surface area contributed by atoms with E-state index in [4.69, 9.17) is 10.5 Å². The molecule has 1 unspecified atom stereocenters. The van der Waals surface area contributed by atoms with Crippen LogP contribution in [0.4, 0.5) is 0 Å². The van der Waals surface area contributed by atoms with Crippen LogP contribution in [0.5, 0.6) is 0 Å². The summed E-state index contributed by atoms with van der Waals surface area (Å²) in [6.45, 7) is 4.43. The van der Waals surface area contributed by atoms with Gasteiger partial charge in [-0.25, -0.2) is 0 Å². The van der Waals surface area contributed by atoms with Gasteiger partial charge in [-0.15, -0.1) is 0 Å². The van der Waals surface area contributed by atoms with E-state index in [2.05, 4.69) is 5.32 Å². The molecule has 1 saturated carbocycles. The fraction of sp³-hybridized carbons (Fsp3) is 0.833. The Morgan fingerprint density at radius 1 is 1.39 bits per heavy atom. The molecule has 1 heterocycles. The maximum Gasteiger partial charge on any atom is 0.245 e. The monoisotopic (exact) mass is 255 g/mol. The molecule has 2 rings (SSSR count). The second-order valence-electron chi connectivity index (χ2n) is 5.59. The summed E-state index contributed by atoms with van der Waals surface area (Å²) in [4.78, 5) is 25.8. The van der Waals surface area contributed by atoms with Crippen LogP contribution in [0.2, 0.25) is 0 Å². The van der Waals surface area contributed by atoms with Gasteiger partial charge in [0.25, 0.3) is 0 Å². The quantitative estimate of drug-likeness (QED) is 0.693. The number of carbonyl (C=O) groups excluding carboxylic acids is 2. The van der Waals surface area contributed by atoms with Crippen LogP contribution in [0, 0.1) is 0 Å². The number of amides is 2. The number of hydrogen-bond donors (Lipinski definition) is 2. The summed E-state index contributed by atoms with van der Waals surface area (Å²) in [6.07, 6.45) is 2.05. The van der Waals surface area contributed by atoms with Crippen molar-refractivity contribution < 1.29 is 14.3 Å². The molecule has 18 heavy (non-hydrogen) atoms. The third kappa shape index (κ3) is 3.00. The molecule has 2 aliphatic rings. The lowest BCUT2D eigenvalue weighted by Crippen LogP contribution is -2.62. The standard InChI is InChI=1S/C12H21N3O3/c1-12(2,13)11(17)15-5-6-18-7-9(15)10(16)14-8-3-4-8/h8-9H,3-7,13H2,1-2H3,(H,14,16). The second kappa shape index (κ2) is 4.85. The van der Waals surface area contributed by atoms with E-state index in [1.54, 1.807) is 18.7 Å². The van der Waals surface area contributed by atoms with Crippen LogP contribution in [0.15, 0.2) is 0 Å². The number of nitrogens with zero attached hydrogens (tertiary/aromatic N) is 1. The van der Waals surface area contributed by atoms with Crippen LogP contribution < -0.4 is 11.1 Å². The van der Waals surface area contributed by atoms with Crippen molar-refractivity contribution in [3.63, 3.8) is 0 Å². The topological polar surface area (TPSA) is 84.7 Å². The van der Waals surface area contributed by atoms with E-state index in [0.717, 1.165) is 12.8 Å². The van der Waals surface area contributed by atoms with Crippen molar-refractivity contribution in [2.75, 3.05) is 19.8 Å². The van der Waals surface area contributed by atoms with Gasteiger partial charge in [-0.2, -0.15) is 0 Å². The first kappa shape index (κ1) is 13.3. The van der Waals surface area contributed by atoms with E-state index in [1.807, 2.05) is 0 Å². The van der Waals surface area contributed by atoms with Gasteiger partial charge in [0, 0.05) is 12.6 Å². The molecule has 1 aliphatic heterocycles. The molecule has 2 amide bonds. The molecular formula is C12H21N3O3. The summed E-state index contributed by atoms with van der Waals surface area (Å²) in [7, 11) is 0. The molecule has 0 aromatic rings. The lowest BCUT2D eigenvalue weighted by Gasteiger charge is -2.38. The Labute approximate surface area is 107 Å². The molecule has 102 valence electrons. The minimum Gasteiger partial charge on any atom is -0.377 e. The molecule has 1 saturated heterocycles. The van der Waals surface area contributed by atoms with Crippen molar-refractivity contribution in [1.82, 2.24) is 10.2 Å². The zero-order valence-corrected chi connectivity index (χ0v) is 10.9.